The highest BCUT2D eigenvalue weighted by atomic mass is 32.1. The maximum absolute atomic E-state index is 6.04. The molecular formula is C20H32N4OS. The van der Waals surface area contributed by atoms with Crippen LogP contribution in [0.5, 0.6) is 0 Å². The molecule has 1 aliphatic heterocycles. The van der Waals surface area contributed by atoms with Crippen LogP contribution < -0.4 is 5.32 Å². The van der Waals surface area contributed by atoms with Crippen molar-refractivity contribution in [3.63, 3.8) is 0 Å². The molecule has 1 saturated carbocycles. The summed E-state index contributed by atoms with van der Waals surface area (Å²) in [5, 5.41) is 4.96. The predicted octanol–water partition coefficient (Wildman–Crippen LogP) is 3.23. The first kappa shape index (κ1) is 18.2. The first-order valence-electron chi connectivity index (χ1n) is 10.0. The van der Waals surface area contributed by atoms with Crippen molar-refractivity contribution in [2.75, 3.05) is 20.7 Å². The lowest BCUT2D eigenvalue weighted by Crippen LogP contribution is -2.71. The molecule has 6 heteroatoms. The molecule has 3 unspecified atom stereocenters. The number of aryl methyl sites for hydroxylation is 2. The number of hydrogen-bond donors (Lipinski definition) is 1. The van der Waals surface area contributed by atoms with Gasteiger partial charge in [-0.2, -0.15) is 0 Å². The summed E-state index contributed by atoms with van der Waals surface area (Å²) < 4.78 is 6.04. The van der Waals surface area contributed by atoms with Gasteiger partial charge in [0.15, 0.2) is 5.96 Å². The van der Waals surface area contributed by atoms with E-state index in [1.54, 1.807) is 0 Å². The molecule has 1 N–H and O–H groups in total. The van der Waals surface area contributed by atoms with Crippen LogP contribution in [0.15, 0.2) is 4.99 Å². The van der Waals surface area contributed by atoms with Crippen LogP contribution in [0.25, 0.3) is 0 Å². The molecule has 1 saturated heterocycles. The molecule has 2 fully saturated rings. The number of thiazole rings is 1. The van der Waals surface area contributed by atoms with Crippen molar-refractivity contribution in [2.24, 2.45) is 16.3 Å². The van der Waals surface area contributed by atoms with Gasteiger partial charge in [0.05, 0.1) is 18.3 Å². The summed E-state index contributed by atoms with van der Waals surface area (Å²) in [6, 6.07) is 0.429. The van der Waals surface area contributed by atoms with Crippen LogP contribution in [0.1, 0.15) is 55.1 Å². The number of fused-ring (bicyclic) bond motifs is 2. The molecule has 3 aliphatic rings. The van der Waals surface area contributed by atoms with Crippen LogP contribution in [0.3, 0.4) is 0 Å². The third-order valence-electron chi connectivity index (χ3n) is 6.45. The highest BCUT2D eigenvalue weighted by Crippen LogP contribution is 2.51. The van der Waals surface area contributed by atoms with Crippen molar-refractivity contribution in [3.05, 3.63) is 15.6 Å². The molecular weight excluding hydrogens is 344 g/mol. The van der Waals surface area contributed by atoms with Gasteiger partial charge in [0, 0.05) is 43.0 Å². The van der Waals surface area contributed by atoms with Crippen molar-refractivity contribution < 1.29 is 4.74 Å². The predicted molar refractivity (Wildman–Crippen MR) is 107 cm³/mol. The quantitative estimate of drug-likeness (QED) is 0.650. The highest BCUT2D eigenvalue weighted by molar-refractivity contribution is 7.11. The zero-order valence-corrected chi connectivity index (χ0v) is 17.4. The van der Waals surface area contributed by atoms with Crippen molar-refractivity contribution in [1.29, 1.82) is 0 Å². The second kappa shape index (κ2) is 7.12. The van der Waals surface area contributed by atoms with Gasteiger partial charge in [-0.05, 0) is 38.5 Å². The third kappa shape index (κ3) is 3.15. The molecule has 2 heterocycles. The Bertz CT molecular complexity index is 660. The molecule has 0 bridgehead atoms. The molecule has 0 amide bonds. The van der Waals surface area contributed by atoms with E-state index in [-0.39, 0.29) is 5.41 Å². The number of hydrogen-bond acceptors (Lipinski definition) is 4. The third-order valence-corrected chi connectivity index (χ3v) is 7.59. The van der Waals surface area contributed by atoms with E-state index in [0.717, 1.165) is 25.5 Å². The highest BCUT2D eigenvalue weighted by Gasteiger charge is 2.58. The molecule has 144 valence electrons. The molecule has 4 rings (SSSR count). The van der Waals surface area contributed by atoms with Crippen LogP contribution in [0.4, 0.5) is 0 Å². The number of aromatic nitrogens is 1. The van der Waals surface area contributed by atoms with E-state index >= 15 is 0 Å². The lowest BCUT2D eigenvalue weighted by atomic mass is 9.55. The first-order valence-corrected chi connectivity index (χ1v) is 10.9. The summed E-state index contributed by atoms with van der Waals surface area (Å²) in [5.41, 5.74) is 1.50. The number of rotatable bonds is 3. The van der Waals surface area contributed by atoms with Gasteiger partial charge in [-0.1, -0.05) is 13.8 Å². The van der Waals surface area contributed by atoms with Gasteiger partial charge in [-0.15, -0.1) is 11.3 Å². The zero-order valence-electron chi connectivity index (χ0n) is 16.5. The average Bonchev–Trinajstić information content (AvgIpc) is 3.04. The maximum atomic E-state index is 6.04. The summed E-state index contributed by atoms with van der Waals surface area (Å²) in [7, 11) is 4.00. The van der Waals surface area contributed by atoms with Crippen molar-refractivity contribution in [3.8, 4) is 0 Å². The second-order valence-electron chi connectivity index (χ2n) is 8.63. The summed E-state index contributed by atoms with van der Waals surface area (Å²) >= 11 is 1.89. The maximum Gasteiger partial charge on any atom is 0.194 e. The van der Waals surface area contributed by atoms with Gasteiger partial charge in [-0.25, -0.2) is 4.98 Å². The van der Waals surface area contributed by atoms with Crippen molar-refractivity contribution >= 4 is 17.3 Å². The van der Waals surface area contributed by atoms with Gasteiger partial charge < -0.3 is 15.0 Å². The Morgan fingerprint density at radius 1 is 1.35 bits per heavy atom. The molecule has 3 atom stereocenters. The summed E-state index contributed by atoms with van der Waals surface area (Å²) in [5.74, 6) is 1.58. The number of nitrogens with zero attached hydrogens (tertiary/aromatic N) is 3. The fourth-order valence-corrected chi connectivity index (χ4v) is 6.26. The Kier molecular flexibility index (Phi) is 4.99. The number of aliphatic imine (C=N–C) groups is 1. The van der Waals surface area contributed by atoms with E-state index in [4.69, 9.17) is 9.72 Å². The number of ether oxygens (including phenoxy) is 1. The Balaban J connectivity index is 1.41. The SMILES string of the molecule is CN=C(NC1C2CCCOC2C1(C)C)N(C)Cc1nc2c(s1)CCCC2. The van der Waals surface area contributed by atoms with Crippen LogP contribution in [0.2, 0.25) is 0 Å². The largest absolute Gasteiger partial charge is 0.377 e. The molecule has 5 nitrogen and oxygen atoms in total. The fraction of sp³-hybridized carbons (Fsp3) is 0.800. The summed E-state index contributed by atoms with van der Waals surface area (Å²) in [6.07, 6.45) is 7.79. The molecule has 2 aliphatic carbocycles. The lowest BCUT2D eigenvalue weighted by molar-refractivity contribution is -0.188. The molecule has 1 aromatic rings. The molecule has 26 heavy (non-hydrogen) atoms. The average molecular weight is 377 g/mol. The topological polar surface area (TPSA) is 49.8 Å². The minimum absolute atomic E-state index is 0.155. The minimum Gasteiger partial charge on any atom is -0.377 e. The monoisotopic (exact) mass is 376 g/mol. The van der Waals surface area contributed by atoms with Gasteiger partial charge in [0.2, 0.25) is 0 Å². The lowest BCUT2D eigenvalue weighted by Gasteiger charge is -2.60. The van der Waals surface area contributed by atoms with Gasteiger partial charge >= 0.3 is 0 Å². The van der Waals surface area contributed by atoms with Crippen LogP contribution in [0, 0.1) is 11.3 Å². The van der Waals surface area contributed by atoms with E-state index in [0.29, 0.717) is 18.1 Å². The van der Waals surface area contributed by atoms with E-state index in [1.807, 2.05) is 18.4 Å². The number of guanidine groups is 1. The summed E-state index contributed by atoms with van der Waals surface area (Å²) in [6.45, 7) is 6.38. The van der Waals surface area contributed by atoms with Gasteiger partial charge in [0.25, 0.3) is 0 Å². The minimum atomic E-state index is 0.155. The van der Waals surface area contributed by atoms with Crippen LogP contribution >= 0.6 is 11.3 Å². The van der Waals surface area contributed by atoms with Gasteiger partial charge in [-0.3, -0.25) is 4.99 Å². The second-order valence-corrected chi connectivity index (χ2v) is 9.80. The van der Waals surface area contributed by atoms with E-state index < -0.39 is 0 Å². The Hall–Kier alpha value is -1.14. The van der Waals surface area contributed by atoms with E-state index in [9.17, 15) is 0 Å². The van der Waals surface area contributed by atoms with Crippen molar-refractivity contribution in [1.82, 2.24) is 15.2 Å². The fourth-order valence-electron chi connectivity index (χ4n) is 5.05. The van der Waals surface area contributed by atoms with E-state index in [2.05, 4.69) is 36.1 Å². The Morgan fingerprint density at radius 3 is 2.92 bits per heavy atom. The van der Waals surface area contributed by atoms with E-state index in [1.165, 1.54) is 47.7 Å². The smallest absolute Gasteiger partial charge is 0.194 e. The zero-order chi connectivity index (χ0) is 18.3. The summed E-state index contributed by atoms with van der Waals surface area (Å²) in [4.78, 5) is 13.2. The normalized spacial score (nSPS) is 30.2. The Morgan fingerprint density at radius 2 is 2.15 bits per heavy atom. The van der Waals surface area contributed by atoms with Gasteiger partial charge in [0.1, 0.15) is 5.01 Å². The standard InChI is InChI=1S/C20H32N4OS/c1-20(2)17(13-8-7-11-25-18(13)20)23-19(21-3)24(4)12-16-22-14-9-5-6-10-15(14)26-16/h13,17-18H,5-12H2,1-4H3,(H,21,23). The van der Waals surface area contributed by atoms with Crippen LogP contribution in [-0.2, 0) is 24.1 Å². The Labute approximate surface area is 161 Å². The van der Waals surface area contributed by atoms with Crippen molar-refractivity contribution in [2.45, 2.75) is 71.1 Å². The molecule has 0 spiro atoms. The number of nitrogens with one attached hydrogen (secondary N) is 1. The molecule has 1 aromatic heterocycles. The molecule has 0 aromatic carbocycles. The first-order chi connectivity index (χ1) is 12.5. The molecule has 0 radical (unpaired) electrons. The van der Waals surface area contributed by atoms with Crippen LogP contribution in [-0.4, -0.2) is 48.7 Å².